The van der Waals surface area contributed by atoms with Crippen molar-refractivity contribution in [2.45, 2.75) is 18.4 Å². The van der Waals surface area contributed by atoms with Gasteiger partial charge < -0.3 is 10.2 Å². The summed E-state index contributed by atoms with van der Waals surface area (Å²) in [4.78, 5) is 14.8. The van der Waals surface area contributed by atoms with Gasteiger partial charge in [0.25, 0.3) is 5.91 Å². The molecule has 1 aliphatic heterocycles. The molecular formula is C20H24ClN3O3S. The van der Waals surface area contributed by atoms with Crippen LogP contribution in [0.3, 0.4) is 0 Å². The van der Waals surface area contributed by atoms with Crippen molar-refractivity contribution >= 4 is 27.5 Å². The summed E-state index contributed by atoms with van der Waals surface area (Å²) < 4.78 is 27.3. The number of nitrogens with zero attached hydrogens (tertiary/aromatic N) is 2. The van der Waals surface area contributed by atoms with E-state index in [2.05, 4.69) is 10.2 Å². The van der Waals surface area contributed by atoms with E-state index < -0.39 is 15.9 Å². The van der Waals surface area contributed by atoms with Gasteiger partial charge in [0, 0.05) is 32.7 Å². The van der Waals surface area contributed by atoms with Crippen LogP contribution in [0.5, 0.6) is 0 Å². The van der Waals surface area contributed by atoms with E-state index in [1.54, 1.807) is 0 Å². The zero-order valence-corrected chi connectivity index (χ0v) is 17.6. The number of amides is 1. The highest BCUT2D eigenvalue weighted by Crippen LogP contribution is 2.24. The molecule has 8 heteroatoms. The zero-order valence-electron chi connectivity index (χ0n) is 16.0. The maximum absolute atomic E-state index is 12.9. The van der Waals surface area contributed by atoms with Crippen LogP contribution in [0.4, 0.5) is 0 Å². The van der Waals surface area contributed by atoms with E-state index in [1.165, 1.54) is 22.5 Å². The largest absolute Gasteiger partial charge is 0.348 e. The fourth-order valence-electron chi connectivity index (χ4n) is 3.12. The Bertz CT molecular complexity index is 970. The quantitative estimate of drug-likeness (QED) is 0.805. The summed E-state index contributed by atoms with van der Waals surface area (Å²) in [5.41, 5.74) is 2.22. The fraction of sp³-hybridized carbons (Fsp3) is 0.350. The molecule has 0 bridgehead atoms. The number of nitrogens with one attached hydrogen (secondary N) is 1. The van der Waals surface area contributed by atoms with Crippen molar-refractivity contribution in [2.24, 2.45) is 0 Å². The van der Waals surface area contributed by atoms with Crippen LogP contribution in [-0.2, 0) is 16.6 Å². The van der Waals surface area contributed by atoms with E-state index in [1.807, 2.05) is 38.2 Å². The summed E-state index contributed by atoms with van der Waals surface area (Å²) >= 11 is 6.18. The summed E-state index contributed by atoms with van der Waals surface area (Å²) in [6.07, 6.45) is 0. The maximum Gasteiger partial charge on any atom is 0.253 e. The summed E-state index contributed by atoms with van der Waals surface area (Å²) in [5.74, 6) is -0.401. The number of rotatable bonds is 5. The van der Waals surface area contributed by atoms with Crippen molar-refractivity contribution in [2.75, 3.05) is 33.2 Å². The number of aryl methyl sites for hydroxylation is 1. The lowest BCUT2D eigenvalue weighted by molar-refractivity contribution is 0.0951. The Kier molecular flexibility index (Phi) is 6.40. The highest BCUT2D eigenvalue weighted by molar-refractivity contribution is 7.89. The molecule has 3 rings (SSSR count). The number of hydrogen-bond donors (Lipinski definition) is 1. The molecular weight excluding hydrogens is 398 g/mol. The number of carbonyl (C=O) groups is 1. The number of likely N-dealkylation sites (N-methyl/N-ethyl adjacent to an activating group) is 1. The van der Waals surface area contributed by atoms with Gasteiger partial charge in [-0.3, -0.25) is 4.79 Å². The van der Waals surface area contributed by atoms with Crippen LogP contribution in [0.1, 0.15) is 21.5 Å². The van der Waals surface area contributed by atoms with Gasteiger partial charge in [-0.25, -0.2) is 8.42 Å². The topological polar surface area (TPSA) is 69.7 Å². The normalized spacial score (nSPS) is 16.1. The zero-order chi connectivity index (χ0) is 20.3. The highest BCUT2D eigenvalue weighted by atomic mass is 35.5. The summed E-state index contributed by atoms with van der Waals surface area (Å²) in [5, 5.41) is 3.03. The average Bonchev–Trinajstić information content (AvgIpc) is 2.67. The molecule has 1 heterocycles. The molecule has 0 unspecified atom stereocenters. The number of halogens is 1. The molecule has 1 saturated heterocycles. The molecule has 1 fully saturated rings. The molecule has 0 spiro atoms. The molecule has 0 aromatic heterocycles. The van der Waals surface area contributed by atoms with E-state index in [0.717, 1.165) is 11.1 Å². The van der Waals surface area contributed by atoms with Crippen LogP contribution < -0.4 is 5.32 Å². The van der Waals surface area contributed by atoms with Crippen LogP contribution in [-0.4, -0.2) is 56.8 Å². The van der Waals surface area contributed by atoms with Crippen LogP contribution in [0.15, 0.2) is 47.4 Å². The van der Waals surface area contributed by atoms with Crippen molar-refractivity contribution in [3.8, 4) is 0 Å². The summed E-state index contributed by atoms with van der Waals surface area (Å²) in [6, 6.07) is 12.1. The minimum absolute atomic E-state index is 0.0853. The fourth-order valence-corrected chi connectivity index (χ4v) is 4.77. The number of benzene rings is 2. The predicted molar refractivity (Wildman–Crippen MR) is 110 cm³/mol. The van der Waals surface area contributed by atoms with E-state index in [9.17, 15) is 13.2 Å². The van der Waals surface area contributed by atoms with Gasteiger partial charge >= 0.3 is 0 Å². The lowest BCUT2D eigenvalue weighted by atomic mass is 10.1. The number of carbonyl (C=O) groups excluding carboxylic acids is 1. The molecule has 150 valence electrons. The third kappa shape index (κ3) is 4.72. The smallest absolute Gasteiger partial charge is 0.253 e. The standard InChI is InChI=1S/C20H24ClN3O3S/c1-15-4-3-5-16(12-15)14-22-20(25)18-13-17(6-7-19(18)21)28(26,27)24-10-8-23(2)9-11-24/h3-7,12-13H,8-11,14H2,1-2H3,(H,22,25). The maximum atomic E-state index is 12.9. The van der Waals surface area contributed by atoms with Crippen LogP contribution in [0, 0.1) is 6.92 Å². The highest BCUT2D eigenvalue weighted by Gasteiger charge is 2.28. The second-order valence-corrected chi connectivity index (χ2v) is 9.37. The lowest BCUT2D eigenvalue weighted by Crippen LogP contribution is -2.47. The number of hydrogen-bond acceptors (Lipinski definition) is 4. The third-order valence-corrected chi connectivity index (χ3v) is 7.04. The van der Waals surface area contributed by atoms with Gasteiger partial charge in [-0.05, 0) is 37.7 Å². The molecule has 0 aliphatic carbocycles. The second kappa shape index (κ2) is 8.61. The van der Waals surface area contributed by atoms with Gasteiger partial charge in [0.05, 0.1) is 15.5 Å². The molecule has 0 radical (unpaired) electrons. The summed E-state index contributed by atoms with van der Waals surface area (Å²) in [7, 11) is -1.70. The van der Waals surface area contributed by atoms with Crippen LogP contribution >= 0.6 is 11.6 Å². The summed E-state index contributed by atoms with van der Waals surface area (Å²) in [6.45, 7) is 4.53. The molecule has 2 aromatic rings. The number of piperazine rings is 1. The Hall–Kier alpha value is -1.93. The van der Waals surface area contributed by atoms with Gasteiger partial charge in [0.15, 0.2) is 0 Å². The Morgan fingerprint density at radius 1 is 1.11 bits per heavy atom. The lowest BCUT2D eigenvalue weighted by Gasteiger charge is -2.31. The molecule has 0 atom stereocenters. The Morgan fingerprint density at radius 2 is 1.82 bits per heavy atom. The first-order valence-electron chi connectivity index (χ1n) is 9.09. The molecule has 2 aromatic carbocycles. The second-order valence-electron chi connectivity index (χ2n) is 7.02. The van der Waals surface area contributed by atoms with Crippen LogP contribution in [0.25, 0.3) is 0 Å². The average molecular weight is 422 g/mol. The molecule has 1 N–H and O–H groups in total. The van der Waals surface area contributed by atoms with Gasteiger partial charge in [0.1, 0.15) is 0 Å². The Balaban J connectivity index is 1.78. The van der Waals surface area contributed by atoms with Crippen molar-refractivity contribution in [1.82, 2.24) is 14.5 Å². The molecule has 1 amide bonds. The van der Waals surface area contributed by atoms with Gasteiger partial charge in [-0.15, -0.1) is 0 Å². The molecule has 0 saturated carbocycles. The van der Waals surface area contributed by atoms with Gasteiger partial charge in [0.2, 0.25) is 10.0 Å². The Morgan fingerprint density at radius 3 is 2.50 bits per heavy atom. The van der Waals surface area contributed by atoms with Crippen molar-refractivity contribution in [3.05, 3.63) is 64.2 Å². The van der Waals surface area contributed by atoms with Gasteiger partial charge in [-0.2, -0.15) is 4.31 Å². The van der Waals surface area contributed by atoms with E-state index in [4.69, 9.17) is 11.6 Å². The van der Waals surface area contributed by atoms with Crippen molar-refractivity contribution in [1.29, 1.82) is 0 Å². The molecule has 1 aliphatic rings. The van der Waals surface area contributed by atoms with E-state index in [-0.39, 0.29) is 15.5 Å². The van der Waals surface area contributed by atoms with E-state index in [0.29, 0.717) is 32.7 Å². The van der Waals surface area contributed by atoms with E-state index >= 15 is 0 Å². The predicted octanol–water partition coefficient (Wildman–Crippen LogP) is 2.51. The van der Waals surface area contributed by atoms with Crippen molar-refractivity contribution < 1.29 is 13.2 Å². The SMILES string of the molecule is Cc1cccc(CNC(=O)c2cc(S(=O)(=O)N3CCN(C)CC3)ccc2Cl)c1. The molecule has 6 nitrogen and oxygen atoms in total. The monoisotopic (exact) mass is 421 g/mol. The molecule has 28 heavy (non-hydrogen) atoms. The van der Waals surface area contributed by atoms with Gasteiger partial charge in [-0.1, -0.05) is 41.4 Å². The van der Waals surface area contributed by atoms with Crippen LogP contribution in [0.2, 0.25) is 5.02 Å². The minimum Gasteiger partial charge on any atom is -0.348 e. The minimum atomic E-state index is -3.66. The Labute approximate surface area is 171 Å². The van der Waals surface area contributed by atoms with Crippen molar-refractivity contribution in [3.63, 3.8) is 0 Å². The number of sulfonamides is 1. The first-order valence-corrected chi connectivity index (χ1v) is 10.9. The first-order chi connectivity index (χ1) is 13.3. The third-order valence-electron chi connectivity index (χ3n) is 4.82. The first kappa shape index (κ1) is 20.8.